The van der Waals surface area contributed by atoms with E-state index in [1.165, 1.54) is 11.0 Å². The Labute approximate surface area is 212 Å². The normalized spacial score (nSPS) is 12.7. The number of fused-ring (bicyclic) bond motifs is 2. The molecule has 6 rings (SSSR count). The second-order valence-electron chi connectivity index (χ2n) is 8.74. The molecule has 0 saturated carbocycles. The molecule has 8 heteroatoms. The minimum Gasteiger partial charge on any atom is -0.322 e. The molecule has 2 aromatic heterocycles. The van der Waals surface area contributed by atoms with Gasteiger partial charge in [-0.15, -0.1) is 0 Å². The van der Waals surface area contributed by atoms with E-state index in [1.807, 2.05) is 65.3 Å². The maximum absolute atomic E-state index is 13.0. The molecule has 5 aromatic rings. The Morgan fingerprint density at radius 2 is 1.65 bits per heavy atom. The number of carbonyl (C=O) groups excluding carboxylic acids is 3. The first-order chi connectivity index (χ1) is 18.1. The van der Waals surface area contributed by atoms with Gasteiger partial charge in [-0.25, -0.2) is 9.97 Å². The van der Waals surface area contributed by atoms with Gasteiger partial charge in [-0.3, -0.25) is 23.7 Å². The number of nitrogens with zero attached hydrogens (tertiary/aromatic N) is 4. The molecule has 180 valence electrons. The van der Waals surface area contributed by atoms with Gasteiger partial charge < -0.3 is 5.32 Å². The predicted octanol–water partition coefficient (Wildman–Crippen LogP) is 4.49. The summed E-state index contributed by atoms with van der Waals surface area (Å²) < 4.78 is 1.84. The van der Waals surface area contributed by atoms with E-state index in [-0.39, 0.29) is 29.8 Å². The molecule has 1 aliphatic heterocycles. The van der Waals surface area contributed by atoms with Gasteiger partial charge in [0.05, 0.1) is 16.8 Å². The summed E-state index contributed by atoms with van der Waals surface area (Å²) in [5.74, 6) is -0.467. The van der Waals surface area contributed by atoms with Crippen molar-refractivity contribution in [3.05, 3.63) is 120 Å². The van der Waals surface area contributed by atoms with E-state index in [1.54, 1.807) is 30.5 Å². The Balaban J connectivity index is 1.15. The highest BCUT2D eigenvalue weighted by Gasteiger charge is 2.35. The molecule has 1 N–H and O–H groups in total. The average molecular weight is 488 g/mol. The number of amides is 3. The van der Waals surface area contributed by atoms with Gasteiger partial charge in [-0.1, -0.05) is 42.5 Å². The highest BCUT2D eigenvalue weighted by Crippen LogP contribution is 2.26. The van der Waals surface area contributed by atoms with Crippen LogP contribution in [0.2, 0.25) is 0 Å². The van der Waals surface area contributed by atoms with Crippen molar-refractivity contribution in [3.63, 3.8) is 0 Å². The molecule has 8 nitrogen and oxygen atoms in total. The number of carbonyl (C=O) groups is 3. The van der Waals surface area contributed by atoms with Crippen LogP contribution in [0.25, 0.3) is 17.0 Å². The predicted molar refractivity (Wildman–Crippen MR) is 138 cm³/mol. The van der Waals surface area contributed by atoms with Crippen LogP contribution in [0.4, 0.5) is 5.69 Å². The van der Waals surface area contributed by atoms with Crippen molar-refractivity contribution in [1.29, 1.82) is 0 Å². The van der Waals surface area contributed by atoms with E-state index in [4.69, 9.17) is 0 Å². The summed E-state index contributed by atoms with van der Waals surface area (Å²) in [6, 6.07) is 23.4. The Bertz CT molecular complexity index is 1630. The van der Waals surface area contributed by atoms with Crippen molar-refractivity contribution in [2.45, 2.75) is 6.42 Å². The topological polar surface area (TPSA) is 96.7 Å². The lowest BCUT2D eigenvalue weighted by Crippen LogP contribution is -2.31. The van der Waals surface area contributed by atoms with E-state index in [9.17, 15) is 14.4 Å². The van der Waals surface area contributed by atoms with Gasteiger partial charge in [-0.2, -0.15) is 0 Å². The molecule has 0 radical (unpaired) electrons. The van der Waals surface area contributed by atoms with Gasteiger partial charge in [0, 0.05) is 41.9 Å². The van der Waals surface area contributed by atoms with E-state index in [0.29, 0.717) is 29.0 Å². The first-order valence-electron chi connectivity index (χ1n) is 11.8. The highest BCUT2D eigenvalue weighted by atomic mass is 16.2. The molecule has 0 unspecified atom stereocenters. The Hall–Kier alpha value is -5.11. The molecule has 0 spiro atoms. The molecule has 0 fully saturated rings. The zero-order valence-electron chi connectivity index (χ0n) is 19.7. The second kappa shape index (κ2) is 9.16. The third-order valence-electron chi connectivity index (χ3n) is 6.37. The monoisotopic (exact) mass is 487 g/mol. The molecular weight excluding hydrogens is 466 g/mol. The molecule has 0 saturated heterocycles. The number of imide groups is 1. The fourth-order valence-corrected chi connectivity index (χ4v) is 4.42. The van der Waals surface area contributed by atoms with Crippen LogP contribution >= 0.6 is 0 Å². The highest BCUT2D eigenvalue weighted by molar-refractivity contribution is 6.22. The number of benzene rings is 3. The molecule has 3 amide bonds. The molecule has 3 heterocycles. The van der Waals surface area contributed by atoms with Crippen molar-refractivity contribution in [3.8, 4) is 11.3 Å². The molecule has 0 atom stereocenters. The smallest absolute Gasteiger partial charge is 0.261 e. The van der Waals surface area contributed by atoms with Crippen LogP contribution in [-0.4, -0.2) is 43.5 Å². The van der Waals surface area contributed by atoms with Crippen LogP contribution in [0.5, 0.6) is 0 Å². The molecule has 0 bridgehead atoms. The summed E-state index contributed by atoms with van der Waals surface area (Å²) in [4.78, 5) is 48.7. The van der Waals surface area contributed by atoms with Gasteiger partial charge in [-0.05, 0) is 48.4 Å². The van der Waals surface area contributed by atoms with Crippen LogP contribution < -0.4 is 5.32 Å². The maximum atomic E-state index is 13.0. The van der Waals surface area contributed by atoms with Crippen molar-refractivity contribution in [1.82, 2.24) is 19.3 Å². The van der Waals surface area contributed by atoms with Crippen molar-refractivity contribution >= 4 is 29.2 Å². The minimum absolute atomic E-state index is 0.251. The molecule has 0 aliphatic carbocycles. The van der Waals surface area contributed by atoms with Crippen LogP contribution in [0.15, 0.2) is 97.5 Å². The van der Waals surface area contributed by atoms with Crippen LogP contribution in [0.1, 0.15) is 36.6 Å². The van der Waals surface area contributed by atoms with E-state index in [2.05, 4.69) is 15.3 Å². The van der Waals surface area contributed by atoms with Crippen LogP contribution in [0.3, 0.4) is 0 Å². The number of hydrogen-bond acceptors (Lipinski definition) is 5. The first-order valence-corrected chi connectivity index (χ1v) is 11.8. The molecular formula is C29H21N5O3. The zero-order valence-corrected chi connectivity index (χ0v) is 19.7. The Morgan fingerprint density at radius 1 is 0.865 bits per heavy atom. The summed E-state index contributed by atoms with van der Waals surface area (Å²) in [6.07, 6.45) is 6.03. The third-order valence-corrected chi connectivity index (χ3v) is 6.37. The summed E-state index contributed by atoms with van der Waals surface area (Å²) >= 11 is 0. The fraction of sp³-hybridized carbons (Fsp3) is 0.0690. The maximum Gasteiger partial charge on any atom is 0.261 e. The third kappa shape index (κ3) is 4.25. The van der Waals surface area contributed by atoms with Gasteiger partial charge in [0.15, 0.2) is 0 Å². The van der Waals surface area contributed by atoms with Gasteiger partial charge in [0.25, 0.3) is 17.7 Å². The Morgan fingerprint density at radius 3 is 2.43 bits per heavy atom. The van der Waals surface area contributed by atoms with Crippen LogP contribution in [-0.2, 0) is 6.42 Å². The van der Waals surface area contributed by atoms with Gasteiger partial charge >= 0.3 is 0 Å². The number of nitrogens with one attached hydrogen (secondary N) is 1. The lowest BCUT2D eigenvalue weighted by molar-refractivity contribution is 0.0656. The number of anilines is 1. The van der Waals surface area contributed by atoms with E-state index in [0.717, 1.165) is 16.8 Å². The summed E-state index contributed by atoms with van der Waals surface area (Å²) in [6.45, 7) is 0.284. The number of aromatic nitrogens is 3. The number of rotatable bonds is 6. The van der Waals surface area contributed by atoms with E-state index >= 15 is 0 Å². The average Bonchev–Trinajstić information content (AvgIpc) is 3.47. The lowest BCUT2D eigenvalue weighted by atomic mass is 10.1. The number of imidazole rings is 1. The standard InChI is InChI=1S/C29H21N5O3/c35-26(31-22-10-7-20(8-11-22)25-18-33-15-4-14-30-29(33)32-25)21-9-12-23-24(17-21)28(37)34(27(23)36)16-13-19-5-2-1-3-6-19/h1-12,14-15,17-18H,13,16H2,(H,31,35). The molecule has 3 aromatic carbocycles. The van der Waals surface area contributed by atoms with Crippen molar-refractivity contribution < 1.29 is 14.4 Å². The Kier molecular flexibility index (Phi) is 5.54. The van der Waals surface area contributed by atoms with Crippen molar-refractivity contribution in [2.75, 3.05) is 11.9 Å². The quantitative estimate of drug-likeness (QED) is 0.356. The van der Waals surface area contributed by atoms with Crippen molar-refractivity contribution in [2.24, 2.45) is 0 Å². The minimum atomic E-state index is -0.378. The molecule has 37 heavy (non-hydrogen) atoms. The SMILES string of the molecule is O=C(Nc1ccc(-c2cn3cccnc3n2)cc1)c1ccc2c(c1)C(=O)N(CCc1ccccc1)C2=O. The van der Waals surface area contributed by atoms with Crippen LogP contribution in [0, 0.1) is 0 Å². The fourth-order valence-electron chi connectivity index (χ4n) is 4.42. The first kappa shape index (κ1) is 22.4. The molecule has 1 aliphatic rings. The largest absolute Gasteiger partial charge is 0.322 e. The van der Waals surface area contributed by atoms with Gasteiger partial charge in [0.2, 0.25) is 5.78 Å². The summed E-state index contributed by atoms with van der Waals surface area (Å²) in [5.41, 5.74) is 4.18. The summed E-state index contributed by atoms with van der Waals surface area (Å²) in [5, 5.41) is 2.85. The van der Waals surface area contributed by atoms with Gasteiger partial charge in [0.1, 0.15) is 0 Å². The summed E-state index contributed by atoms with van der Waals surface area (Å²) in [7, 11) is 0. The number of hydrogen-bond donors (Lipinski definition) is 1. The zero-order chi connectivity index (χ0) is 25.4. The second-order valence-corrected chi connectivity index (χ2v) is 8.74. The lowest BCUT2D eigenvalue weighted by Gasteiger charge is -2.13. The van der Waals surface area contributed by atoms with E-state index < -0.39 is 0 Å².